The van der Waals surface area contributed by atoms with Crippen LogP contribution in [0.15, 0.2) is 53.3 Å². The molecule has 0 radical (unpaired) electrons. The van der Waals surface area contributed by atoms with E-state index >= 15 is 0 Å². The van der Waals surface area contributed by atoms with Crippen LogP contribution in [-0.2, 0) is 12.8 Å². The van der Waals surface area contributed by atoms with Gasteiger partial charge in [0.1, 0.15) is 0 Å². The Hall–Kier alpha value is -1.19. The van der Waals surface area contributed by atoms with Gasteiger partial charge in [-0.2, -0.15) is 0 Å². The number of rotatable bonds is 8. The van der Waals surface area contributed by atoms with Crippen molar-refractivity contribution in [2.75, 3.05) is 13.1 Å². The molecule has 0 amide bonds. The Morgan fingerprint density at radius 3 is 2.57 bits per heavy atom. The smallest absolute Gasteiger partial charge is 0.0410 e. The number of hydrogen-bond donors (Lipinski definition) is 1. The Balaban J connectivity index is 2.01. The number of pyridine rings is 1. The van der Waals surface area contributed by atoms with Crippen molar-refractivity contribution in [2.45, 2.75) is 26.2 Å². The maximum absolute atomic E-state index is 4.27. The Morgan fingerprint density at radius 2 is 1.86 bits per heavy atom. The standard InChI is InChI=1S/C18H23BrN2/c1-2-8-20-12-16(9-15-6-4-3-5-7-15)10-17-11-18(19)14-21-13-17/h3-7,11,13-14,16,20H,2,8-10,12H2,1H3. The first-order valence-corrected chi connectivity index (χ1v) is 8.41. The van der Waals surface area contributed by atoms with Crippen LogP contribution in [0, 0.1) is 5.92 Å². The molecule has 1 unspecified atom stereocenters. The summed E-state index contributed by atoms with van der Waals surface area (Å²) < 4.78 is 1.06. The van der Waals surface area contributed by atoms with Gasteiger partial charge in [0, 0.05) is 16.9 Å². The van der Waals surface area contributed by atoms with Gasteiger partial charge in [-0.1, -0.05) is 37.3 Å². The highest BCUT2D eigenvalue weighted by molar-refractivity contribution is 9.10. The van der Waals surface area contributed by atoms with Gasteiger partial charge in [0.15, 0.2) is 0 Å². The highest BCUT2D eigenvalue weighted by Crippen LogP contribution is 2.17. The second kappa shape index (κ2) is 8.96. The molecule has 2 aromatic rings. The fourth-order valence-electron chi connectivity index (χ4n) is 2.55. The van der Waals surface area contributed by atoms with Gasteiger partial charge < -0.3 is 5.32 Å². The van der Waals surface area contributed by atoms with Crippen LogP contribution < -0.4 is 5.32 Å². The second-order valence-corrected chi connectivity index (χ2v) is 6.39. The third-order valence-electron chi connectivity index (χ3n) is 3.51. The molecule has 2 rings (SSSR count). The Labute approximate surface area is 136 Å². The van der Waals surface area contributed by atoms with Gasteiger partial charge in [0.2, 0.25) is 0 Å². The van der Waals surface area contributed by atoms with Crippen LogP contribution in [0.4, 0.5) is 0 Å². The number of nitrogens with one attached hydrogen (secondary N) is 1. The zero-order chi connectivity index (χ0) is 14.9. The van der Waals surface area contributed by atoms with Crippen molar-refractivity contribution < 1.29 is 0 Å². The first-order chi connectivity index (χ1) is 10.3. The van der Waals surface area contributed by atoms with Crippen LogP contribution in [0.25, 0.3) is 0 Å². The molecule has 0 saturated heterocycles. The molecule has 0 spiro atoms. The summed E-state index contributed by atoms with van der Waals surface area (Å²) in [4.78, 5) is 4.27. The fraction of sp³-hybridized carbons (Fsp3) is 0.389. The van der Waals surface area contributed by atoms with Crippen LogP contribution in [0.5, 0.6) is 0 Å². The van der Waals surface area contributed by atoms with E-state index in [9.17, 15) is 0 Å². The third-order valence-corrected chi connectivity index (χ3v) is 3.95. The van der Waals surface area contributed by atoms with Crippen molar-refractivity contribution in [3.8, 4) is 0 Å². The summed E-state index contributed by atoms with van der Waals surface area (Å²) in [6.07, 6.45) is 7.15. The zero-order valence-corrected chi connectivity index (χ0v) is 14.1. The summed E-state index contributed by atoms with van der Waals surface area (Å²) in [5.74, 6) is 0.593. The van der Waals surface area contributed by atoms with E-state index in [0.29, 0.717) is 5.92 Å². The molecule has 1 atom stereocenters. The molecule has 0 aliphatic heterocycles. The van der Waals surface area contributed by atoms with Crippen molar-refractivity contribution in [3.63, 3.8) is 0 Å². The van der Waals surface area contributed by atoms with Crippen molar-refractivity contribution >= 4 is 15.9 Å². The molecule has 1 N–H and O–H groups in total. The quantitative estimate of drug-likeness (QED) is 0.723. The Morgan fingerprint density at radius 1 is 1.10 bits per heavy atom. The molecule has 1 heterocycles. The highest BCUT2D eigenvalue weighted by atomic mass is 79.9. The molecule has 0 fully saturated rings. The summed E-state index contributed by atoms with van der Waals surface area (Å²) in [6.45, 7) is 4.34. The van der Waals surface area contributed by atoms with Crippen molar-refractivity contribution in [3.05, 3.63) is 64.4 Å². The molecule has 2 nitrogen and oxygen atoms in total. The predicted octanol–water partition coefficient (Wildman–Crippen LogP) is 4.25. The number of aromatic nitrogens is 1. The van der Waals surface area contributed by atoms with E-state index in [-0.39, 0.29) is 0 Å². The molecule has 21 heavy (non-hydrogen) atoms. The van der Waals surface area contributed by atoms with E-state index in [1.807, 2.05) is 12.4 Å². The monoisotopic (exact) mass is 346 g/mol. The molecule has 0 aliphatic carbocycles. The Bertz CT molecular complexity index is 528. The summed E-state index contributed by atoms with van der Waals surface area (Å²) in [6, 6.07) is 12.9. The summed E-state index contributed by atoms with van der Waals surface area (Å²) in [7, 11) is 0. The third kappa shape index (κ3) is 5.98. The largest absolute Gasteiger partial charge is 0.316 e. The lowest BCUT2D eigenvalue weighted by Crippen LogP contribution is -2.26. The number of hydrogen-bond acceptors (Lipinski definition) is 2. The minimum absolute atomic E-state index is 0.593. The molecule has 0 bridgehead atoms. The van der Waals surface area contributed by atoms with Gasteiger partial charge in [0.05, 0.1) is 0 Å². The van der Waals surface area contributed by atoms with Gasteiger partial charge in [-0.25, -0.2) is 0 Å². The normalized spacial score (nSPS) is 12.3. The van der Waals surface area contributed by atoms with Crippen LogP contribution in [0.3, 0.4) is 0 Å². The maximum atomic E-state index is 4.27. The first kappa shape index (κ1) is 16.2. The predicted molar refractivity (Wildman–Crippen MR) is 92.4 cm³/mol. The van der Waals surface area contributed by atoms with Crippen molar-refractivity contribution in [1.82, 2.24) is 10.3 Å². The highest BCUT2D eigenvalue weighted by Gasteiger charge is 2.11. The number of benzene rings is 1. The van der Waals surface area contributed by atoms with Gasteiger partial charge in [-0.15, -0.1) is 0 Å². The number of halogens is 1. The van der Waals surface area contributed by atoms with E-state index < -0.39 is 0 Å². The second-order valence-electron chi connectivity index (χ2n) is 5.48. The maximum Gasteiger partial charge on any atom is 0.0410 e. The fourth-order valence-corrected chi connectivity index (χ4v) is 2.96. The molecular formula is C18H23BrN2. The molecule has 3 heteroatoms. The van der Waals surface area contributed by atoms with Crippen LogP contribution in [0.2, 0.25) is 0 Å². The van der Waals surface area contributed by atoms with Crippen molar-refractivity contribution in [1.29, 1.82) is 0 Å². The van der Waals surface area contributed by atoms with Gasteiger partial charge >= 0.3 is 0 Å². The van der Waals surface area contributed by atoms with Gasteiger partial charge in [-0.3, -0.25) is 4.98 Å². The van der Waals surface area contributed by atoms with E-state index in [1.54, 1.807) is 0 Å². The minimum Gasteiger partial charge on any atom is -0.316 e. The molecule has 0 aliphatic rings. The van der Waals surface area contributed by atoms with E-state index in [0.717, 1.165) is 30.4 Å². The van der Waals surface area contributed by atoms with Crippen LogP contribution >= 0.6 is 15.9 Å². The Kier molecular flexibility index (Phi) is 6.90. The lowest BCUT2D eigenvalue weighted by Gasteiger charge is -2.18. The SMILES string of the molecule is CCCNCC(Cc1ccccc1)Cc1cncc(Br)c1. The van der Waals surface area contributed by atoms with Crippen LogP contribution in [0.1, 0.15) is 24.5 Å². The zero-order valence-electron chi connectivity index (χ0n) is 12.6. The topological polar surface area (TPSA) is 24.9 Å². The molecule has 112 valence electrons. The summed E-state index contributed by atoms with van der Waals surface area (Å²) >= 11 is 3.50. The summed E-state index contributed by atoms with van der Waals surface area (Å²) in [5, 5.41) is 3.56. The number of nitrogens with zero attached hydrogens (tertiary/aromatic N) is 1. The van der Waals surface area contributed by atoms with Gasteiger partial charge in [0.25, 0.3) is 0 Å². The lowest BCUT2D eigenvalue weighted by atomic mass is 9.93. The average Bonchev–Trinajstić information content (AvgIpc) is 2.48. The molecule has 0 saturated carbocycles. The molecule has 1 aromatic carbocycles. The summed E-state index contributed by atoms with van der Waals surface area (Å²) in [5.41, 5.74) is 2.70. The van der Waals surface area contributed by atoms with Gasteiger partial charge in [-0.05, 0) is 71.4 Å². The molecular weight excluding hydrogens is 324 g/mol. The first-order valence-electron chi connectivity index (χ1n) is 7.62. The van der Waals surface area contributed by atoms with E-state index in [2.05, 4.69) is 69.6 Å². The van der Waals surface area contributed by atoms with E-state index in [4.69, 9.17) is 0 Å². The lowest BCUT2D eigenvalue weighted by molar-refractivity contribution is 0.470. The van der Waals surface area contributed by atoms with Crippen molar-refractivity contribution in [2.24, 2.45) is 5.92 Å². The average molecular weight is 347 g/mol. The van der Waals surface area contributed by atoms with Crippen LogP contribution in [-0.4, -0.2) is 18.1 Å². The minimum atomic E-state index is 0.593. The molecule has 1 aromatic heterocycles. The van der Waals surface area contributed by atoms with E-state index in [1.165, 1.54) is 17.5 Å².